The van der Waals surface area contributed by atoms with Crippen LogP contribution in [0.5, 0.6) is 0 Å². The second-order valence-corrected chi connectivity index (χ2v) is 1.04. The van der Waals surface area contributed by atoms with Crippen molar-refractivity contribution in [2.45, 2.75) is 0 Å². The van der Waals surface area contributed by atoms with Crippen LogP contribution >= 0.6 is 0 Å². The molecule has 0 radical (unpaired) electrons. The van der Waals surface area contributed by atoms with E-state index in [4.69, 9.17) is 45.2 Å². The first-order valence-corrected chi connectivity index (χ1v) is 2.32. The zero-order chi connectivity index (χ0) is 10.7. The molecule has 0 aromatic carbocycles. The van der Waals surface area contributed by atoms with Crippen LogP contribution in [-0.4, -0.2) is 148 Å². The molecule has 0 rings (SSSR count). The molecule has 0 aromatic heterocycles. The molecule has 0 atom stereocenters. The molecule has 0 amide bonds. The Morgan fingerprint density at radius 1 is 0.429 bits per heavy atom. The van der Waals surface area contributed by atoms with Crippen LogP contribution in [0, 0.1) is 0 Å². The minimum absolute atomic E-state index is 0. The fourth-order valence-electron chi connectivity index (χ4n) is 0. The van der Waals surface area contributed by atoms with Gasteiger partial charge in [-0.3, -0.25) is 0 Å². The van der Waals surface area contributed by atoms with Crippen molar-refractivity contribution in [1.29, 1.82) is 0 Å². The van der Waals surface area contributed by atoms with Crippen molar-refractivity contribution in [1.82, 2.24) is 0 Å². The standard InChI is InChI=1S/3BH3O3.K.Na.2H/c3*2-1(3)4;;;;/h3*2-4H;;;;. The molecule has 0 heterocycles. The van der Waals surface area contributed by atoms with Gasteiger partial charge in [-0.05, 0) is 0 Å². The molecule has 0 bridgehead atoms. The van der Waals surface area contributed by atoms with E-state index >= 15 is 0 Å². The summed E-state index contributed by atoms with van der Waals surface area (Å²) in [6, 6.07) is 0. The maximum absolute atomic E-state index is 7.17. The molecule has 0 saturated heterocycles. The van der Waals surface area contributed by atoms with Gasteiger partial charge >= 0.3 is 103 Å². The Hall–Kier alpha value is 2.47. The second kappa shape index (κ2) is 24.6. The summed E-state index contributed by atoms with van der Waals surface area (Å²) in [5.41, 5.74) is 0. The third-order valence-electron chi connectivity index (χ3n) is 0. The minimum atomic E-state index is -2.17. The number of hydrogen-bond donors (Lipinski definition) is 9. The molecule has 9 nitrogen and oxygen atoms in total. The summed E-state index contributed by atoms with van der Waals surface area (Å²) in [5, 5.41) is 64.5. The van der Waals surface area contributed by atoms with E-state index in [-0.39, 0.29) is 80.9 Å². The topological polar surface area (TPSA) is 182 Å². The molecule has 76 valence electrons. The molecule has 9 N–H and O–H groups in total. The average Bonchev–Trinajstić information content (AvgIpc) is 1.54. The first-order valence-electron chi connectivity index (χ1n) is 2.32. The van der Waals surface area contributed by atoms with Gasteiger partial charge in [-0.1, -0.05) is 0 Å². The van der Waals surface area contributed by atoms with Crippen LogP contribution in [0.25, 0.3) is 0 Å². The van der Waals surface area contributed by atoms with Gasteiger partial charge in [0.1, 0.15) is 0 Å². The van der Waals surface area contributed by atoms with E-state index in [0.717, 1.165) is 0 Å². The fraction of sp³-hybridized carbons (Fsp3) is 0. The van der Waals surface area contributed by atoms with E-state index in [0.29, 0.717) is 0 Å². The summed E-state index contributed by atoms with van der Waals surface area (Å²) in [6.07, 6.45) is 0. The normalized spacial score (nSPS) is 5.79. The summed E-state index contributed by atoms with van der Waals surface area (Å²) in [5.74, 6) is 0. The molecule has 0 aromatic rings. The predicted molar refractivity (Wildman–Crippen MR) is 51.5 cm³/mol. The summed E-state index contributed by atoms with van der Waals surface area (Å²) < 4.78 is 0. The molecule has 0 saturated carbocycles. The van der Waals surface area contributed by atoms with E-state index in [1.165, 1.54) is 0 Å². The number of rotatable bonds is 0. The van der Waals surface area contributed by atoms with Crippen molar-refractivity contribution in [3.05, 3.63) is 0 Å². The van der Waals surface area contributed by atoms with Gasteiger partial charge in [-0.15, -0.1) is 0 Å². The van der Waals surface area contributed by atoms with E-state index in [1.807, 2.05) is 0 Å². The molecule has 14 heavy (non-hydrogen) atoms. The summed E-state index contributed by atoms with van der Waals surface area (Å²) in [6.45, 7) is 0. The van der Waals surface area contributed by atoms with Crippen molar-refractivity contribution in [2.24, 2.45) is 0 Å². The van der Waals surface area contributed by atoms with Crippen LogP contribution in [0.3, 0.4) is 0 Å². The van der Waals surface area contributed by atoms with Crippen LogP contribution in [0.2, 0.25) is 0 Å². The molecule has 0 unspecified atom stereocenters. The van der Waals surface area contributed by atoms with Crippen LogP contribution in [0.1, 0.15) is 0 Å². The zero-order valence-corrected chi connectivity index (χ0v) is 5.76. The molecular weight excluding hydrogens is 239 g/mol. The van der Waals surface area contributed by atoms with Crippen LogP contribution in [0.15, 0.2) is 0 Å². The van der Waals surface area contributed by atoms with Crippen molar-refractivity contribution in [3.8, 4) is 0 Å². The molecule has 0 aliphatic rings. The maximum atomic E-state index is 7.17. The second-order valence-electron chi connectivity index (χ2n) is 1.04. The molecule has 0 spiro atoms. The van der Waals surface area contributed by atoms with Crippen molar-refractivity contribution >= 4 is 103 Å². The SMILES string of the molecule is OB(O)O.OB(O)O.OB(O)O.[KH].[NaH]. The Kier molecular flexibility index (Phi) is 52.7. The molecule has 0 aliphatic carbocycles. The van der Waals surface area contributed by atoms with E-state index in [9.17, 15) is 0 Å². The van der Waals surface area contributed by atoms with Gasteiger partial charge in [0.25, 0.3) is 0 Å². The monoisotopic (exact) mass is 250 g/mol. The van der Waals surface area contributed by atoms with Crippen molar-refractivity contribution in [3.63, 3.8) is 0 Å². The first-order chi connectivity index (χ1) is 5.20. The van der Waals surface area contributed by atoms with Crippen molar-refractivity contribution in [2.75, 3.05) is 0 Å². The van der Waals surface area contributed by atoms with Gasteiger partial charge in [-0.2, -0.15) is 0 Å². The fourth-order valence-corrected chi connectivity index (χ4v) is 0. The molecule has 0 aliphatic heterocycles. The average molecular weight is 250 g/mol. The third kappa shape index (κ3) is 430. The Balaban J connectivity index is -0.0000000270. The van der Waals surface area contributed by atoms with Gasteiger partial charge in [0.15, 0.2) is 0 Å². The Bertz CT molecular complexity index is 48.5. The molecule has 0 fully saturated rings. The number of hydrogen-bond acceptors (Lipinski definition) is 9. The Morgan fingerprint density at radius 3 is 0.429 bits per heavy atom. The van der Waals surface area contributed by atoms with Crippen LogP contribution in [0.4, 0.5) is 0 Å². The van der Waals surface area contributed by atoms with Gasteiger partial charge < -0.3 is 45.2 Å². The Morgan fingerprint density at radius 2 is 0.429 bits per heavy atom. The van der Waals surface area contributed by atoms with Crippen LogP contribution in [-0.2, 0) is 0 Å². The molecule has 14 heteroatoms. The predicted octanol–water partition coefficient (Wildman–Crippen LogP) is -7.45. The summed E-state index contributed by atoms with van der Waals surface area (Å²) in [7, 11) is -6.50. The van der Waals surface area contributed by atoms with Gasteiger partial charge in [0, 0.05) is 0 Å². The Labute approximate surface area is 146 Å². The zero-order valence-electron chi connectivity index (χ0n) is 5.76. The van der Waals surface area contributed by atoms with Gasteiger partial charge in [0.05, 0.1) is 0 Å². The quantitative estimate of drug-likeness (QED) is 0.188. The van der Waals surface area contributed by atoms with E-state index in [2.05, 4.69) is 0 Å². The molecular formula is H11B3KNaO9. The van der Waals surface area contributed by atoms with Crippen LogP contribution < -0.4 is 0 Å². The van der Waals surface area contributed by atoms with E-state index in [1.54, 1.807) is 0 Å². The van der Waals surface area contributed by atoms with Gasteiger partial charge in [-0.25, -0.2) is 0 Å². The first kappa shape index (κ1) is 30.0. The third-order valence-corrected chi connectivity index (χ3v) is 0. The van der Waals surface area contributed by atoms with Gasteiger partial charge in [0.2, 0.25) is 0 Å². The summed E-state index contributed by atoms with van der Waals surface area (Å²) >= 11 is 0. The van der Waals surface area contributed by atoms with E-state index < -0.39 is 22.0 Å². The summed E-state index contributed by atoms with van der Waals surface area (Å²) in [4.78, 5) is 0. The van der Waals surface area contributed by atoms with Crippen molar-refractivity contribution < 1.29 is 45.2 Å².